The Hall–Kier alpha value is -2.51. The highest BCUT2D eigenvalue weighted by atomic mass is 32.2. The number of nitriles is 1. The molecule has 10 heteroatoms. The molecule has 3 rings (SSSR count). The fourth-order valence-corrected chi connectivity index (χ4v) is 4.97. The summed E-state index contributed by atoms with van der Waals surface area (Å²) < 4.78 is 28.4. The zero-order valence-electron chi connectivity index (χ0n) is 16.4. The highest BCUT2D eigenvalue weighted by Crippen LogP contribution is 2.25. The third kappa shape index (κ3) is 3.86. The number of aromatic nitrogens is 4. The quantitative estimate of drug-likeness (QED) is 0.776. The van der Waals surface area contributed by atoms with Gasteiger partial charge in [0, 0.05) is 32.4 Å². The average Bonchev–Trinajstić information content (AvgIpc) is 3.15. The molecule has 2 aromatic rings. The van der Waals surface area contributed by atoms with Gasteiger partial charge >= 0.3 is 0 Å². The Morgan fingerprint density at radius 1 is 1.25 bits per heavy atom. The van der Waals surface area contributed by atoms with Crippen molar-refractivity contribution in [2.75, 3.05) is 18.4 Å². The molecule has 9 nitrogen and oxygen atoms in total. The lowest BCUT2D eigenvalue weighted by atomic mass is 10.0. The van der Waals surface area contributed by atoms with Crippen LogP contribution in [0.5, 0.6) is 0 Å². The number of nitrogens with one attached hydrogen (secondary N) is 1. The van der Waals surface area contributed by atoms with Crippen LogP contribution in [0.1, 0.15) is 43.5 Å². The fourth-order valence-electron chi connectivity index (χ4n) is 3.51. The van der Waals surface area contributed by atoms with E-state index in [0.29, 0.717) is 37.3 Å². The van der Waals surface area contributed by atoms with Crippen molar-refractivity contribution < 1.29 is 8.42 Å². The summed E-state index contributed by atoms with van der Waals surface area (Å²) in [5.74, 6) is 0.491. The van der Waals surface area contributed by atoms with Gasteiger partial charge in [0.05, 0.1) is 11.9 Å². The molecule has 1 fully saturated rings. The van der Waals surface area contributed by atoms with Crippen molar-refractivity contribution in [3.8, 4) is 6.07 Å². The van der Waals surface area contributed by atoms with Crippen LogP contribution in [0.15, 0.2) is 17.3 Å². The smallest absolute Gasteiger partial charge is 0.246 e. The normalized spacial score (nSPS) is 16.1. The molecule has 1 aliphatic heterocycles. The molecule has 2 aromatic heterocycles. The van der Waals surface area contributed by atoms with E-state index >= 15 is 0 Å². The Bertz CT molecular complexity index is 986. The molecule has 3 heterocycles. The minimum Gasteiger partial charge on any atom is -0.365 e. The Kier molecular flexibility index (Phi) is 5.96. The van der Waals surface area contributed by atoms with Gasteiger partial charge in [-0.15, -0.1) is 5.10 Å². The molecule has 0 unspecified atom stereocenters. The molecule has 1 saturated heterocycles. The standard InChI is InChI=1S/C18H25N7O2S/c1-4-15-16(10-19)18(23-22-17(15)5-2)21-13-6-8-25(9-7-13)28(26,27)14-11-20-24(3)12-14/h11-13H,4-9H2,1-3H3,(H,21,23). The molecule has 1 aliphatic rings. The van der Waals surface area contributed by atoms with E-state index in [4.69, 9.17) is 0 Å². The van der Waals surface area contributed by atoms with Gasteiger partial charge in [0.25, 0.3) is 0 Å². The fraction of sp³-hybridized carbons (Fsp3) is 0.556. The molecule has 0 radical (unpaired) electrons. The molecular formula is C18H25N7O2S. The molecule has 0 saturated carbocycles. The molecule has 0 spiro atoms. The van der Waals surface area contributed by atoms with Gasteiger partial charge in [0.1, 0.15) is 16.5 Å². The number of rotatable bonds is 6. The number of hydrogen-bond donors (Lipinski definition) is 1. The van der Waals surface area contributed by atoms with E-state index in [1.54, 1.807) is 7.05 Å². The number of hydrogen-bond acceptors (Lipinski definition) is 7. The topological polar surface area (TPSA) is 117 Å². The van der Waals surface area contributed by atoms with E-state index in [1.165, 1.54) is 21.4 Å². The maximum atomic E-state index is 12.7. The van der Waals surface area contributed by atoms with Crippen LogP contribution in [0.4, 0.5) is 5.82 Å². The summed E-state index contributed by atoms with van der Waals surface area (Å²) in [4.78, 5) is 0.210. The zero-order valence-corrected chi connectivity index (χ0v) is 17.2. The molecule has 28 heavy (non-hydrogen) atoms. The van der Waals surface area contributed by atoms with Crippen LogP contribution in [0, 0.1) is 11.3 Å². The van der Waals surface area contributed by atoms with Crippen molar-refractivity contribution in [3.05, 3.63) is 29.2 Å². The van der Waals surface area contributed by atoms with Gasteiger partial charge in [0.15, 0.2) is 5.82 Å². The highest BCUT2D eigenvalue weighted by molar-refractivity contribution is 7.89. The third-order valence-electron chi connectivity index (χ3n) is 5.07. The minimum absolute atomic E-state index is 0.0407. The van der Waals surface area contributed by atoms with Crippen molar-refractivity contribution in [3.63, 3.8) is 0 Å². The maximum Gasteiger partial charge on any atom is 0.246 e. The molecule has 0 amide bonds. The first-order valence-electron chi connectivity index (χ1n) is 9.44. The number of aryl methyl sites for hydroxylation is 2. The van der Waals surface area contributed by atoms with Gasteiger partial charge < -0.3 is 5.32 Å². The minimum atomic E-state index is -3.53. The van der Waals surface area contributed by atoms with Crippen molar-refractivity contribution in [1.29, 1.82) is 5.26 Å². The average molecular weight is 404 g/mol. The van der Waals surface area contributed by atoms with E-state index in [-0.39, 0.29) is 10.9 Å². The van der Waals surface area contributed by atoms with Gasteiger partial charge in [-0.3, -0.25) is 4.68 Å². The van der Waals surface area contributed by atoms with Gasteiger partial charge in [-0.2, -0.15) is 19.8 Å². The van der Waals surface area contributed by atoms with Crippen LogP contribution in [0.25, 0.3) is 0 Å². The summed E-state index contributed by atoms with van der Waals surface area (Å²) in [6.45, 7) is 4.80. The van der Waals surface area contributed by atoms with E-state index < -0.39 is 10.0 Å². The van der Waals surface area contributed by atoms with Gasteiger partial charge in [-0.1, -0.05) is 13.8 Å². The number of nitrogens with zero attached hydrogens (tertiary/aromatic N) is 6. The maximum absolute atomic E-state index is 12.7. The first-order chi connectivity index (χ1) is 13.4. The van der Waals surface area contributed by atoms with Crippen LogP contribution < -0.4 is 5.32 Å². The zero-order chi connectivity index (χ0) is 20.3. The summed E-state index contributed by atoms with van der Waals surface area (Å²) in [6.07, 6.45) is 5.59. The van der Waals surface area contributed by atoms with Crippen LogP contribution in [-0.4, -0.2) is 51.8 Å². The predicted molar refractivity (Wildman–Crippen MR) is 104 cm³/mol. The molecule has 0 atom stereocenters. The van der Waals surface area contributed by atoms with Crippen LogP contribution in [-0.2, 0) is 29.9 Å². The van der Waals surface area contributed by atoms with E-state index in [2.05, 4.69) is 26.7 Å². The Labute approximate surface area is 165 Å². The Morgan fingerprint density at radius 2 is 1.96 bits per heavy atom. The van der Waals surface area contributed by atoms with E-state index in [9.17, 15) is 13.7 Å². The second-order valence-electron chi connectivity index (χ2n) is 6.84. The lowest BCUT2D eigenvalue weighted by Gasteiger charge is -2.31. The number of anilines is 1. The molecule has 1 N–H and O–H groups in total. The SMILES string of the molecule is CCc1nnc(NC2CCN(S(=O)(=O)c3cnn(C)c3)CC2)c(C#N)c1CC. The van der Waals surface area contributed by atoms with Crippen LogP contribution in [0.2, 0.25) is 0 Å². The first-order valence-corrected chi connectivity index (χ1v) is 10.9. The summed E-state index contributed by atoms with van der Waals surface area (Å²) in [5.41, 5.74) is 2.32. The van der Waals surface area contributed by atoms with Crippen molar-refractivity contribution in [2.24, 2.45) is 7.05 Å². The first kappa shape index (κ1) is 20.2. The van der Waals surface area contributed by atoms with Crippen LogP contribution in [0.3, 0.4) is 0 Å². The summed E-state index contributed by atoms with van der Waals surface area (Å²) in [7, 11) is -1.84. The molecule has 0 bridgehead atoms. The summed E-state index contributed by atoms with van der Waals surface area (Å²) in [5, 5.41) is 25.3. The predicted octanol–water partition coefficient (Wildman–Crippen LogP) is 1.47. The van der Waals surface area contributed by atoms with Gasteiger partial charge in [-0.25, -0.2) is 8.42 Å². The largest absolute Gasteiger partial charge is 0.365 e. The lowest BCUT2D eigenvalue weighted by molar-refractivity contribution is 0.329. The number of sulfonamides is 1. The lowest BCUT2D eigenvalue weighted by Crippen LogP contribution is -2.42. The van der Waals surface area contributed by atoms with Crippen LogP contribution >= 0.6 is 0 Å². The van der Waals surface area contributed by atoms with Crippen molar-refractivity contribution in [2.45, 2.75) is 50.5 Å². The monoisotopic (exact) mass is 403 g/mol. The molecule has 0 aliphatic carbocycles. The summed E-state index contributed by atoms with van der Waals surface area (Å²) >= 11 is 0. The van der Waals surface area contributed by atoms with Gasteiger partial charge in [0.2, 0.25) is 10.0 Å². The second kappa shape index (κ2) is 8.24. The molecule has 0 aromatic carbocycles. The van der Waals surface area contributed by atoms with Crippen molar-refractivity contribution >= 4 is 15.8 Å². The third-order valence-corrected chi connectivity index (χ3v) is 6.92. The molecule has 150 valence electrons. The Balaban J connectivity index is 1.71. The second-order valence-corrected chi connectivity index (χ2v) is 8.78. The number of piperidine rings is 1. The highest BCUT2D eigenvalue weighted by Gasteiger charge is 2.31. The molecular weight excluding hydrogens is 378 g/mol. The van der Waals surface area contributed by atoms with E-state index in [0.717, 1.165) is 24.1 Å². The van der Waals surface area contributed by atoms with E-state index in [1.807, 2.05) is 13.8 Å². The summed E-state index contributed by atoms with van der Waals surface area (Å²) in [6, 6.07) is 2.30. The Morgan fingerprint density at radius 3 is 2.50 bits per heavy atom. The van der Waals surface area contributed by atoms with Crippen molar-refractivity contribution in [1.82, 2.24) is 24.3 Å². The van der Waals surface area contributed by atoms with Gasteiger partial charge in [-0.05, 0) is 31.2 Å².